The van der Waals surface area contributed by atoms with Gasteiger partial charge in [0.1, 0.15) is 0 Å². The van der Waals surface area contributed by atoms with Crippen LogP contribution in [0.4, 0.5) is 51.2 Å². The number of benzene rings is 8. The molecule has 14 rings (SSSR count). The van der Waals surface area contributed by atoms with E-state index in [4.69, 9.17) is 0 Å². The molecule has 1 aliphatic carbocycles. The second-order valence-corrected chi connectivity index (χ2v) is 27.3. The van der Waals surface area contributed by atoms with E-state index in [2.05, 4.69) is 242 Å². The molecule has 0 radical (unpaired) electrons. The molecule has 0 amide bonds. The second-order valence-electron chi connectivity index (χ2n) is 24.1. The highest BCUT2D eigenvalue weighted by Crippen LogP contribution is 2.57. The predicted octanol–water partition coefficient (Wildman–Crippen LogP) is 17.8. The first kappa shape index (κ1) is 44.5. The Balaban J connectivity index is 1.10. The van der Waals surface area contributed by atoms with Crippen molar-refractivity contribution in [1.82, 2.24) is 0 Å². The van der Waals surface area contributed by atoms with Crippen molar-refractivity contribution in [2.24, 2.45) is 0 Å². The summed E-state index contributed by atoms with van der Waals surface area (Å²) in [5.74, 6) is 0. The maximum atomic E-state index is 2.69. The Morgan fingerprint density at radius 1 is 0.458 bits per heavy atom. The van der Waals surface area contributed by atoms with E-state index in [9.17, 15) is 0 Å². The fourth-order valence-corrected chi connectivity index (χ4v) is 16.7. The van der Waals surface area contributed by atoms with Gasteiger partial charge in [0, 0.05) is 74.3 Å². The molecule has 7 heteroatoms. The summed E-state index contributed by atoms with van der Waals surface area (Å²) >= 11 is 5.82. The minimum Gasteiger partial charge on any atom is -0.310 e. The summed E-state index contributed by atoms with van der Waals surface area (Å²) in [5.41, 5.74) is 19.6. The van der Waals surface area contributed by atoms with Gasteiger partial charge in [-0.05, 0) is 146 Å². The number of anilines is 9. The monoisotopic (exact) mass is 987 g/mol. The first-order chi connectivity index (χ1) is 34.4. The lowest BCUT2D eigenvalue weighted by molar-refractivity contribution is 0.403. The first-order valence-corrected chi connectivity index (χ1v) is 28.1. The average Bonchev–Trinajstić information content (AvgIpc) is 3.98. The van der Waals surface area contributed by atoms with Gasteiger partial charge in [-0.15, -0.1) is 22.7 Å². The molecule has 5 heterocycles. The number of nitrogens with zero attached hydrogens (tertiary/aromatic N) is 3. The fraction of sp³-hybridized carbons (Fsp3) is 0.231. The summed E-state index contributed by atoms with van der Waals surface area (Å²) in [6.45, 7) is 23.7. The van der Waals surface area contributed by atoms with Crippen molar-refractivity contribution in [1.29, 1.82) is 0 Å². The van der Waals surface area contributed by atoms with Crippen molar-refractivity contribution < 1.29 is 0 Å². The number of thiophene rings is 2. The van der Waals surface area contributed by atoms with Gasteiger partial charge in [-0.1, -0.05) is 154 Å². The lowest BCUT2D eigenvalue weighted by atomic mass is 9.36. The van der Waals surface area contributed by atoms with E-state index in [1.54, 1.807) is 0 Å². The Hall–Kier alpha value is -6.25. The molecule has 0 unspecified atom stereocenters. The maximum Gasteiger partial charge on any atom is 0.264 e. The van der Waals surface area contributed by atoms with Gasteiger partial charge in [-0.3, -0.25) is 0 Å². The Morgan fingerprint density at radius 2 is 1.11 bits per heavy atom. The van der Waals surface area contributed by atoms with Crippen molar-refractivity contribution in [3.05, 3.63) is 180 Å². The van der Waals surface area contributed by atoms with Gasteiger partial charge >= 0.3 is 0 Å². The quantitative estimate of drug-likeness (QED) is 0.160. The number of hydrogen-bond acceptors (Lipinski definition) is 6. The van der Waals surface area contributed by atoms with E-state index in [0.717, 1.165) is 17.8 Å². The fourth-order valence-electron chi connectivity index (χ4n) is 13.1. The van der Waals surface area contributed by atoms with Crippen molar-refractivity contribution in [3.63, 3.8) is 0 Å². The van der Waals surface area contributed by atoms with Gasteiger partial charge in [0.2, 0.25) is 0 Å². The molecule has 3 nitrogen and oxygen atoms in total. The molecule has 0 N–H and O–H groups in total. The molecule has 2 aromatic heterocycles. The van der Waals surface area contributed by atoms with E-state index in [-0.39, 0.29) is 28.4 Å². The van der Waals surface area contributed by atoms with Crippen LogP contribution in [0.2, 0.25) is 0 Å². The maximum absolute atomic E-state index is 2.69. The Labute approximate surface area is 437 Å². The molecule has 0 spiro atoms. The third-order valence-corrected chi connectivity index (χ3v) is 19.9. The van der Waals surface area contributed by atoms with Crippen LogP contribution in [-0.2, 0) is 21.7 Å². The van der Waals surface area contributed by atoms with Crippen LogP contribution < -0.4 is 30.4 Å². The van der Waals surface area contributed by atoms with Crippen molar-refractivity contribution in [2.75, 3.05) is 14.7 Å². The molecule has 3 aliphatic heterocycles. The molecule has 0 saturated carbocycles. The molecule has 0 atom stereocenters. The largest absolute Gasteiger partial charge is 0.310 e. The SMILES string of the molecule is CC(C)(C)c1ccc(N2c3ccc4c(c3)N(c3cccc5c3B4c3sc4ccc(C(C)(C)C)cc4c3N5c3ccc4c(c3)C(C)(C)CC4(C)C)c3c(ccc4c3sc3ccccc34)Sc3ccccc32)cc1. The summed E-state index contributed by atoms with van der Waals surface area (Å²) in [4.78, 5) is 10.3. The normalized spacial score (nSPS) is 16.2. The van der Waals surface area contributed by atoms with Gasteiger partial charge < -0.3 is 14.7 Å². The minimum absolute atomic E-state index is 0.00300. The Kier molecular flexibility index (Phi) is 9.36. The minimum atomic E-state index is -0.00300. The summed E-state index contributed by atoms with van der Waals surface area (Å²) in [7, 11) is 0. The van der Waals surface area contributed by atoms with Crippen LogP contribution in [0.5, 0.6) is 0 Å². The lowest BCUT2D eigenvalue weighted by Gasteiger charge is -2.44. The van der Waals surface area contributed by atoms with Crippen LogP contribution >= 0.6 is 34.4 Å². The van der Waals surface area contributed by atoms with Crippen LogP contribution in [0, 0.1) is 0 Å². The molecule has 8 aromatic carbocycles. The highest BCUT2D eigenvalue weighted by Gasteiger charge is 2.48. The molecule has 10 aromatic rings. The highest BCUT2D eigenvalue weighted by atomic mass is 32.2. The smallest absolute Gasteiger partial charge is 0.264 e. The summed E-state index contributed by atoms with van der Waals surface area (Å²) in [6.07, 6.45) is 1.13. The third-order valence-electron chi connectivity index (χ3n) is 16.3. The van der Waals surface area contributed by atoms with Crippen molar-refractivity contribution in [2.45, 2.75) is 107 Å². The van der Waals surface area contributed by atoms with E-state index in [0.29, 0.717) is 0 Å². The second kappa shape index (κ2) is 15.2. The zero-order valence-electron chi connectivity index (χ0n) is 42.9. The van der Waals surface area contributed by atoms with Gasteiger partial charge in [-0.25, -0.2) is 0 Å². The zero-order valence-corrected chi connectivity index (χ0v) is 45.3. The van der Waals surface area contributed by atoms with Gasteiger partial charge in [0.25, 0.3) is 6.71 Å². The van der Waals surface area contributed by atoms with Crippen LogP contribution in [0.1, 0.15) is 97.9 Å². The summed E-state index contributed by atoms with van der Waals surface area (Å²) in [5, 5.41) is 3.95. The summed E-state index contributed by atoms with van der Waals surface area (Å²) < 4.78 is 5.37. The molecular formula is C65H58BN3S3. The van der Waals surface area contributed by atoms with Crippen molar-refractivity contribution >= 4 is 138 Å². The van der Waals surface area contributed by atoms with Crippen LogP contribution in [0.25, 0.3) is 30.3 Å². The molecule has 0 saturated heterocycles. The lowest BCUT2D eigenvalue weighted by Crippen LogP contribution is -2.60. The van der Waals surface area contributed by atoms with E-state index >= 15 is 0 Å². The molecule has 354 valence electrons. The molecule has 2 bridgehead atoms. The topological polar surface area (TPSA) is 9.72 Å². The van der Waals surface area contributed by atoms with E-state index < -0.39 is 0 Å². The molecule has 0 fully saturated rings. The molecular weight excluding hydrogens is 930 g/mol. The average molecular weight is 988 g/mol. The van der Waals surface area contributed by atoms with Crippen LogP contribution in [0.15, 0.2) is 168 Å². The van der Waals surface area contributed by atoms with E-state index in [1.807, 2.05) is 34.4 Å². The standard InChI is InChI=1S/C65H58BN3S3/c1-62(2,3)38-22-25-40(26-23-38)67-42-28-31-48-52(36-42)69(59-56(70-55-21-14-12-17-49(55)67)33-29-44-43-16-11-13-20-53(43)71-60(44)59)51-19-15-18-50-57(51)66(48)61-58(45-34-39(63(4,5)6)24-32-54(45)72-61)68(50)41-27-30-46-47(35-41)65(9,10)37-64(46,7)8/h11-36H,37H2,1-10H3. The van der Waals surface area contributed by atoms with Gasteiger partial charge in [-0.2, -0.15) is 0 Å². The molecule has 4 aliphatic rings. The molecule has 72 heavy (non-hydrogen) atoms. The van der Waals surface area contributed by atoms with Crippen LogP contribution in [-0.4, -0.2) is 6.71 Å². The van der Waals surface area contributed by atoms with Gasteiger partial charge in [0.05, 0.1) is 21.8 Å². The van der Waals surface area contributed by atoms with Gasteiger partial charge in [0.15, 0.2) is 0 Å². The number of fused-ring (bicyclic) bond motifs is 15. The Bertz CT molecular complexity index is 3940. The first-order valence-electron chi connectivity index (χ1n) is 25.7. The number of rotatable bonds is 2. The van der Waals surface area contributed by atoms with Crippen molar-refractivity contribution in [3.8, 4) is 0 Å². The zero-order chi connectivity index (χ0) is 49.4. The summed E-state index contributed by atoms with van der Waals surface area (Å²) in [6, 6.07) is 61.5. The van der Waals surface area contributed by atoms with E-state index in [1.165, 1.54) is 118 Å². The number of para-hydroxylation sites is 1. The van der Waals surface area contributed by atoms with Crippen LogP contribution in [0.3, 0.4) is 0 Å². The predicted molar refractivity (Wildman–Crippen MR) is 316 cm³/mol. The highest BCUT2D eigenvalue weighted by molar-refractivity contribution is 7.99. The third kappa shape index (κ3) is 6.42. The number of hydrogen-bond donors (Lipinski definition) is 0. The Morgan fingerprint density at radius 3 is 1.90 bits per heavy atom.